The molecule has 0 amide bonds. The number of pyridine rings is 1. The number of hydrogen-bond donors (Lipinski definition) is 0. The Bertz CT molecular complexity index is 693. The highest BCUT2D eigenvalue weighted by Crippen LogP contribution is 2.28. The lowest BCUT2D eigenvalue weighted by molar-refractivity contribution is 1.02. The highest BCUT2D eigenvalue weighted by Gasteiger charge is 2.08. The van der Waals surface area contributed by atoms with Crippen molar-refractivity contribution in [3.63, 3.8) is 0 Å². The van der Waals surface area contributed by atoms with Crippen LogP contribution in [0.25, 0.3) is 11.3 Å². The standard InChI is InChI=1S/C19H18N2/c1-2-21(17-10-4-3-5-11-17)18-12-8-9-16(15-18)19-13-6-7-14-20-19/h3-15H,2H2,1H3. The Labute approximate surface area is 125 Å². The molecule has 2 nitrogen and oxygen atoms in total. The first-order valence-corrected chi connectivity index (χ1v) is 7.22. The van der Waals surface area contributed by atoms with Gasteiger partial charge in [-0.05, 0) is 43.3 Å². The van der Waals surface area contributed by atoms with Gasteiger partial charge >= 0.3 is 0 Å². The average Bonchev–Trinajstić information content (AvgIpc) is 2.58. The molecule has 0 fully saturated rings. The molecule has 3 rings (SSSR count). The molecule has 2 aromatic carbocycles. The molecule has 0 aliphatic heterocycles. The van der Waals surface area contributed by atoms with Crippen LogP contribution in [0.2, 0.25) is 0 Å². The Morgan fingerprint density at radius 3 is 2.29 bits per heavy atom. The van der Waals surface area contributed by atoms with E-state index in [1.54, 1.807) is 0 Å². The van der Waals surface area contributed by atoms with Crippen molar-refractivity contribution in [2.24, 2.45) is 0 Å². The van der Waals surface area contributed by atoms with E-state index < -0.39 is 0 Å². The minimum atomic E-state index is 0.926. The second-order valence-corrected chi connectivity index (χ2v) is 4.85. The molecule has 104 valence electrons. The SMILES string of the molecule is CCN(c1ccccc1)c1cccc(-c2ccccn2)c1. The molecule has 0 radical (unpaired) electrons. The van der Waals surface area contributed by atoms with Crippen molar-refractivity contribution >= 4 is 11.4 Å². The maximum atomic E-state index is 4.43. The zero-order valence-electron chi connectivity index (χ0n) is 12.1. The molecule has 0 saturated carbocycles. The van der Waals surface area contributed by atoms with Gasteiger partial charge in [-0.25, -0.2) is 0 Å². The number of anilines is 2. The van der Waals surface area contributed by atoms with Gasteiger partial charge < -0.3 is 4.90 Å². The van der Waals surface area contributed by atoms with Crippen LogP contribution >= 0.6 is 0 Å². The fourth-order valence-corrected chi connectivity index (χ4v) is 2.49. The van der Waals surface area contributed by atoms with Gasteiger partial charge in [-0.1, -0.05) is 36.4 Å². The van der Waals surface area contributed by atoms with E-state index in [0.29, 0.717) is 0 Å². The quantitative estimate of drug-likeness (QED) is 0.672. The summed E-state index contributed by atoms with van der Waals surface area (Å²) in [5.41, 5.74) is 4.54. The zero-order valence-corrected chi connectivity index (χ0v) is 12.1. The molecule has 0 bridgehead atoms. The van der Waals surface area contributed by atoms with Crippen molar-refractivity contribution in [1.82, 2.24) is 4.98 Å². The van der Waals surface area contributed by atoms with E-state index in [2.05, 4.69) is 65.3 Å². The number of aromatic nitrogens is 1. The Hall–Kier alpha value is -2.61. The molecular weight excluding hydrogens is 256 g/mol. The summed E-state index contributed by atoms with van der Waals surface area (Å²) in [4.78, 5) is 6.73. The summed E-state index contributed by atoms with van der Waals surface area (Å²) in [5.74, 6) is 0. The summed E-state index contributed by atoms with van der Waals surface area (Å²) >= 11 is 0. The van der Waals surface area contributed by atoms with E-state index in [9.17, 15) is 0 Å². The second-order valence-electron chi connectivity index (χ2n) is 4.85. The first kappa shape index (κ1) is 13.4. The molecule has 0 aliphatic rings. The fourth-order valence-electron chi connectivity index (χ4n) is 2.49. The van der Waals surface area contributed by atoms with Crippen LogP contribution in [0.1, 0.15) is 6.92 Å². The van der Waals surface area contributed by atoms with Gasteiger partial charge in [0.15, 0.2) is 0 Å². The maximum Gasteiger partial charge on any atom is 0.0702 e. The third-order valence-electron chi connectivity index (χ3n) is 3.50. The molecule has 0 aliphatic carbocycles. The first-order valence-electron chi connectivity index (χ1n) is 7.22. The third kappa shape index (κ3) is 2.95. The lowest BCUT2D eigenvalue weighted by atomic mass is 10.1. The van der Waals surface area contributed by atoms with Gasteiger partial charge in [0.25, 0.3) is 0 Å². The number of benzene rings is 2. The Balaban J connectivity index is 1.99. The van der Waals surface area contributed by atoms with Crippen molar-refractivity contribution in [1.29, 1.82) is 0 Å². The molecule has 1 aromatic heterocycles. The normalized spacial score (nSPS) is 10.3. The van der Waals surface area contributed by atoms with Crippen molar-refractivity contribution in [2.75, 3.05) is 11.4 Å². The summed E-state index contributed by atoms with van der Waals surface area (Å²) in [7, 11) is 0. The van der Waals surface area contributed by atoms with Gasteiger partial charge in [0, 0.05) is 29.7 Å². The van der Waals surface area contributed by atoms with E-state index in [4.69, 9.17) is 0 Å². The van der Waals surface area contributed by atoms with Crippen LogP contribution in [-0.4, -0.2) is 11.5 Å². The molecule has 0 unspecified atom stereocenters. The maximum absolute atomic E-state index is 4.43. The van der Waals surface area contributed by atoms with Gasteiger partial charge in [0.05, 0.1) is 5.69 Å². The molecule has 21 heavy (non-hydrogen) atoms. The van der Waals surface area contributed by atoms with E-state index in [1.165, 1.54) is 11.4 Å². The summed E-state index contributed by atoms with van der Waals surface area (Å²) in [5, 5.41) is 0. The van der Waals surface area contributed by atoms with Crippen molar-refractivity contribution in [3.05, 3.63) is 79.0 Å². The van der Waals surface area contributed by atoms with Gasteiger partial charge in [-0.3, -0.25) is 4.98 Å². The van der Waals surface area contributed by atoms with E-state index in [-0.39, 0.29) is 0 Å². The van der Waals surface area contributed by atoms with Crippen molar-refractivity contribution < 1.29 is 0 Å². The zero-order chi connectivity index (χ0) is 14.5. The molecule has 0 spiro atoms. The monoisotopic (exact) mass is 274 g/mol. The van der Waals surface area contributed by atoms with E-state index in [0.717, 1.165) is 17.8 Å². The summed E-state index contributed by atoms with van der Waals surface area (Å²) in [6.07, 6.45) is 1.83. The van der Waals surface area contributed by atoms with Crippen molar-refractivity contribution in [3.8, 4) is 11.3 Å². The average molecular weight is 274 g/mol. The molecule has 0 atom stereocenters. The van der Waals surface area contributed by atoms with Crippen LogP contribution in [0, 0.1) is 0 Å². The smallest absolute Gasteiger partial charge is 0.0702 e. The van der Waals surface area contributed by atoms with Crippen LogP contribution < -0.4 is 4.90 Å². The summed E-state index contributed by atoms with van der Waals surface area (Å²) in [6, 6.07) is 25.0. The van der Waals surface area contributed by atoms with Gasteiger partial charge in [0.1, 0.15) is 0 Å². The molecule has 3 aromatic rings. The molecular formula is C19H18N2. The minimum absolute atomic E-state index is 0.926. The Morgan fingerprint density at radius 1 is 0.810 bits per heavy atom. The van der Waals surface area contributed by atoms with Crippen LogP contribution in [0.4, 0.5) is 11.4 Å². The lowest BCUT2D eigenvalue weighted by Gasteiger charge is -2.23. The third-order valence-corrected chi connectivity index (χ3v) is 3.50. The molecule has 0 N–H and O–H groups in total. The highest BCUT2D eigenvalue weighted by molar-refractivity contribution is 5.70. The van der Waals surface area contributed by atoms with Gasteiger partial charge in [-0.2, -0.15) is 0 Å². The van der Waals surface area contributed by atoms with Crippen molar-refractivity contribution in [2.45, 2.75) is 6.92 Å². The minimum Gasteiger partial charge on any atom is -0.342 e. The Morgan fingerprint density at radius 2 is 1.57 bits per heavy atom. The highest BCUT2D eigenvalue weighted by atomic mass is 15.1. The van der Waals surface area contributed by atoms with Gasteiger partial charge in [-0.15, -0.1) is 0 Å². The second kappa shape index (κ2) is 6.23. The summed E-state index contributed by atoms with van der Waals surface area (Å²) in [6.45, 7) is 3.09. The number of nitrogens with zero attached hydrogens (tertiary/aromatic N) is 2. The largest absolute Gasteiger partial charge is 0.342 e. The molecule has 2 heteroatoms. The van der Waals surface area contributed by atoms with Crippen LogP contribution in [0.5, 0.6) is 0 Å². The van der Waals surface area contributed by atoms with Gasteiger partial charge in [0.2, 0.25) is 0 Å². The Kier molecular flexibility index (Phi) is 3.97. The lowest BCUT2D eigenvalue weighted by Crippen LogP contribution is -2.15. The predicted molar refractivity (Wildman–Crippen MR) is 88.8 cm³/mol. The first-order chi connectivity index (χ1) is 10.4. The molecule has 0 saturated heterocycles. The molecule has 1 heterocycles. The van der Waals surface area contributed by atoms with Crippen LogP contribution in [-0.2, 0) is 0 Å². The van der Waals surface area contributed by atoms with E-state index in [1.807, 2.05) is 30.5 Å². The fraction of sp³-hybridized carbons (Fsp3) is 0.105. The van der Waals surface area contributed by atoms with Crippen LogP contribution in [0.15, 0.2) is 79.0 Å². The topological polar surface area (TPSA) is 16.1 Å². The number of rotatable bonds is 4. The van der Waals surface area contributed by atoms with E-state index >= 15 is 0 Å². The number of para-hydroxylation sites is 1. The number of hydrogen-bond acceptors (Lipinski definition) is 2. The predicted octanol–water partition coefficient (Wildman–Crippen LogP) is 4.91. The van der Waals surface area contributed by atoms with Crippen LogP contribution in [0.3, 0.4) is 0 Å². The summed E-state index contributed by atoms with van der Waals surface area (Å²) < 4.78 is 0.